The maximum Gasteiger partial charge on any atom is 0.0550 e. The Hall–Kier alpha value is -0.0500. The van der Waals surface area contributed by atoms with Crippen LogP contribution in [0.25, 0.3) is 0 Å². The molecule has 1 nitrogen and oxygen atoms in total. The second kappa shape index (κ2) is 4.26. The molecule has 0 aliphatic rings. The fourth-order valence-corrected chi connectivity index (χ4v) is 1.49. The molecule has 1 aromatic carbocycles. The maximum absolute atomic E-state index is 5.91. The van der Waals surface area contributed by atoms with Gasteiger partial charge in [0.05, 0.1) is 5.02 Å². The zero-order chi connectivity index (χ0) is 9.14. The summed E-state index contributed by atoms with van der Waals surface area (Å²) in [7, 11) is 0. The second-order valence-corrected chi connectivity index (χ2v) is 4.19. The monoisotopic (exact) mass is 247 g/mol. The fourth-order valence-electron chi connectivity index (χ4n) is 1.04. The molecule has 0 aromatic heterocycles. The third-order valence-corrected chi connectivity index (χ3v) is 2.77. The van der Waals surface area contributed by atoms with Crippen molar-refractivity contribution in [3.63, 3.8) is 0 Å². The predicted octanol–water partition coefficient (Wildman–Crippen LogP) is 2.99. The van der Waals surface area contributed by atoms with Gasteiger partial charge in [-0.15, -0.1) is 0 Å². The van der Waals surface area contributed by atoms with Gasteiger partial charge >= 0.3 is 0 Å². The lowest BCUT2D eigenvalue weighted by Gasteiger charge is -2.05. The first-order chi connectivity index (χ1) is 5.59. The van der Waals surface area contributed by atoms with Crippen molar-refractivity contribution in [1.29, 1.82) is 0 Å². The average Bonchev–Trinajstić information content (AvgIpc) is 1.96. The fraction of sp³-hybridized carbons (Fsp3) is 0.333. The first kappa shape index (κ1) is 10.0. The summed E-state index contributed by atoms with van der Waals surface area (Å²) in [6.07, 6.45) is 0.868. The van der Waals surface area contributed by atoms with Crippen molar-refractivity contribution in [3.05, 3.63) is 33.3 Å². The molecule has 0 radical (unpaired) electrons. The molecule has 0 fully saturated rings. The Balaban J connectivity index is 2.82. The summed E-state index contributed by atoms with van der Waals surface area (Å²) in [6.45, 7) is 1.98. The van der Waals surface area contributed by atoms with Crippen molar-refractivity contribution < 1.29 is 0 Å². The summed E-state index contributed by atoms with van der Waals surface area (Å²) in [5.41, 5.74) is 6.84. The van der Waals surface area contributed by atoms with Crippen molar-refractivity contribution in [3.8, 4) is 0 Å². The Morgan fingerprint density at radius 3 is 2.75 bits per heavy atom. The number of benzene rings is 1. The molecule has 0 saturated heterocycles. The van der Waals surface area contributed by atoms with E-state index in [1.165, 1.54) is 5.56 Å². The molecule has 12 heavy (non-hydrogen) atoms. The minimum absolute atomic E-state index is 0.183. The highest BCUT2D eigenvalue weighted by Gasteiger charge is 2.00. The Kier molecular flexibility index (Phi) is 3.56. The lowest BCUT2D eigenvalue weighted by Crippen LogP contribution is -2.17. The minimum Gasteiger partial charge on any atom is -0.328 e. The molecule has 0 saturated carbocycles. The van der Waals surface area contributed by atoms with Crippen LogP contribution in [0.3, 0.4) is 0 Å². The summed E-state index contributed by atoms with van der Waals surface area (Å²) in [5, 5.41) is 0.744. The van der Waals surface area contributed by atoms with Gasteiger partial charge in [-0.3, -0.25) is 0 Å². The highest BCUT2D eigenvalue weighted by molar-refractivity contribution is 9.10. The Bertz CT molecular complexity index is 273. The first-order valence-corrected chi connectivity index (χ1v) is 4.96. The highest BCUT2D eigenvalue weighted by Crippen LogP contribution is 2.23. The summed E-state index contributed by atoms with van der Waals surface area (Å²) in [6, 6.07) is 6.09. The van der Waals surface area contributed by atoms with Crippen LogP contribution in [0.4, 0.5) is 0 Å². The first-order valence-electron chi connectivity index (χ1n) is 3.79. The quantitative estimate of drug-likeness (QED) is 0.855. The molecule has 2 N–H and O–H groups in total. The Labute approximate surface area is 86.0 Å². The van der Waals surface area contributed by atoms with Gasteiger partial charge in [0.2, 0.25) is 0 Å². The normalized spacial score (nSPS) is 13.0. The van der Waals surface area contributed by atoms with E-state index in [0.29, 0.717) is 0 Å². The smallest absolute Gasteiger partial charge is 0.0550 e. The molecule has 1 atom stereocenters. The van der Waals surface area contributed by atoms with E-state index in [-0.39, 0.29) is 6.04 Å². The van der Waals surface area contributed by atoms with Gasteiger partial charge in [0.1, 0.15) is 0 Å². The van der Waals surface area contributed by atoms with Crippen LogP contribution in [0.5, 0.6) is 0 Å². The van der Waals surface area contributed by atoms with E-state index in [1.807, 2.05) is 25.1 Å². The number of rotatable bonds is 2. The van der Waals surface area contributed by atoms with Crippen LogP contribution in [0.1, 0.15) is 12.5 Å². The van der Waals surface area contributed by atoms with Gasteiger partial charge in [-0.1, -0.05) is 17.7 Å². The Morgan fingerprint density at radius 1 is 1.58 bits per heavy atom. The van der Waals surface area contributed by atoms with E-state index >= 15 is 0 Å². The molecular formula is C9H11BrClN. The van der Waals surface area contributed by atoms with Crippen LogP contribution < -0.4 is 5.73 Å². The molecule has 0 aliphatic heterocycles. The zero-order valence-corrected chi connectivity index (χ0v) is 9.19. The lowest BCUT2D eigenvalue weighted by atomic mass is 10.1. The van der Waals surface area contributed by atoms with Crippen molar-refractivity contribution in [2.45, 2.75) is 19.4 Å². The van der Waals surface area contributed by atoms with Crippen molar-refractivity contribution in [2.75, 3.05) is 0 Å². The largest absolute Gasteiger partial charge is 0.328 e. The van der Waals surface area contributed by atoms with Gasteiger partial charge in [-0.25, -0.2) is 0 Å². The highest BCUT2D eigenvalue weighted by atomic mass is 79.9. The molecule has 1 unspecified atom stereocenters. The van der Waals surface area contributed by atoms with Crippen LogP contribution in [-0.4, -0.2) is 6.04 Å². The number of hydrogen-bond acceptors (Lipinski definition) is 1. The summed E-state index contributed by atoms with van der Waals surface area (Å²) >= 11 is 9.24. The van der Waals surface area contributed by atoms with Crippen LogP contribution in [-0.2, 0) is 6.42 Å². The standard InChI is InChI=1S/C9H11BrClN/c1-6(12)4-7-2-3-8(10)9(11)5-7/h2-3,5-6H,4,12H2,1H3. The summed E-state index contributed by atoms with van der Waals surface area (Å²) < 4.78 is 0.928. The van der Waals surface area contributed by atoms with Gasteiger partial charge in [-0.05, 0) is 47.0 Å². The van der Waals surface area contributed by atoms with Gasteiger partial charge in [0, 0.05) is 10.5 Å². The molecule has 0 heterocycles. The minimum atomic E-state index is 0.183. The number of hydrogen-bond donors (Lipinski definition) is 1. The predicted molar refractivity (Wildman–Crippen MR) is 56.5 cm³/mol. The van der Waals surface area contributed by atoms with Crippen LogP contribution >= 0.6 is 27.5 Å². The lowest BCUT2D eigenvalue weighted by molar-refractivity contribution is 0.738. The van der Waals surface area contributed by atoms with Crippen LogP contribution in [0.15, 0.2) is 22.7 Å². The molecular weight excluding hydrogens is 237 g/mol. The van der Waals surface area contributed by atoms with Crippen molar-refractivity contribution >= 4 is 27.5 Å². The summed E-state index contributed by atoms with van der Waals surface area (Å²) in [5.74, 6) is 0. The van der Waals surface area contributed by atoms with Gasteiger partial charge in [0.15, 0.2) is 0 Å². The molecule has 1 aromatic rings. The van der Waals surface area contributed by atoms with Crippen LogP contribution in [0.2, 0.25) is 5.02 Å². The molecule has 0 amide bonds. The molecule has 0 bridgehead atoms. The SMILES string of the molecule is CC(N)Cc1ccc(Br)c(Cl)c1. The van der Waals surface area contributed by atoms with Crippen molar-refractivity contribution in [2.24, 2.45) is 5.73 Å². The molecule has 0 spiro atoms. The summed E-state index contributed by atoms with van der Waals surface area (Å²) in [4.78, 5) is 0. The zero-order valence-electron chi connectivity index (χ0n) is 6.85. The molecule has 66 valence electrons. The molecule has 0 aliphatic carbocycles. The molecule has 1 rings (SSSR count). The van der Waals surface area contributed by atoms with Gasteiger partial charge in [-0.2, -0.15) is 0 Å². The maximum atomic E-state index is 5.91. The van der Waals surface area contributed by atoms with Gasteiger partial charge < -0.3 is 5.73 Å². The number of nitrogens with two attached hydrogens (primary N) is 1. The average molecular weight is 249 g/mol. The third kappa shape index (κ3) is 2.77. The van der Waals surface area contributed by atoms with Crippen molar-refractivity contribution in [1.82, 2.24) is 0 Å². The van der Waals surface area contributed by atoms with E-state index < -0.39 is 0 Å². The topological polar surface area (TPSA) is 26.0 Å². The van der Waals surface area contributed by atoms with E-state index in [2.05, 4.69) is 15.9 Å². The van der Waals surface area contributed by atoms with E-state index in [9.17, 15) is 0 Å². The number of halogens is 2. The molecule has 3 heteroatoms. The van der Waals surface area contributed by atoms with Gasteiger partial charge in [0.25, 0.3) is 0 Å². The van der Waals surface area contributed by atoms with E-state index in [1.54, 1.807) is 0 Å². The Morgan fingerprint density at radius 2 is 2.25 bits per heavy atom. The third-order valence-electron chi connectivity index (χ3n) is 1.54. The van der Waals surface area contributed by atoms with E-state index in [4.69, 9.17) is 17.3 Å². The second-order valence-electron chi connectivity index (χ2n) is 2.93. The van der Waals surface area contributed by atoms with Crippen LogP contribution in [0, 0.1) is 0 Å². The van der Waals surface area contributed by atoms with E-state index in [0.717, 1.165) is 15.9 Å².